The minimum Gasteiger partial charge on any atom is -0.397 e. The van der Waals surface area contributed by atoms with Crippen LogP contribution < -0.4 is 5.73 Å². The summed E-state index contributed by atoms with van der Waals surface area (Å²) in [6.07, 6.45) is 4.15. The van der Waals surface area contributed by atoms with Crippen molar-refractivity contribution in [3.63, 3.8) is 0 Å². The molecule has 7 heteroatoms. The molecule has 1 saturated carbocycles. The molecular formula is C19H17N5S2. The average Bonchev–Trinajstić information content (AvgIpc) is 3.35. The summed E-state index contributed by atoms with van der Waals surface area (Å²) in [5.74, 6) is 1.76. The molecule has 0 spiro atoms. The van der Waals surface area contributed by atoms with E-state index in [9.17, 15) is 0 Å². The van der Waals surface area contributed by atoms with Gasteiger partial charge in [-0.15, -0.1) is 21.5 Å². The van der Waals surface area contributed by atoms with Gasteiger partial charge in [0, 0.05) is 23.4 Å². The molecule has 0 aliphatic heterocycles. The summed E-state index contributed by atoms with van der Waals surface area (Å²) >= 11 is 3.33. The fourth-order valence-corrected chi connectivity index (χ4v) is 5.04. The van der Waals surface area contributed by atoms with Crippen LogP contribution in [0.25, 0.3) is 20.9 Å². The van der Waals surface area contributed by atoms with Crippen LogP contribution in [0.3, 0.4) is 0 Å². The number of rotatable bonds is 5. The van der Waals surface area contributed by atoms with Crippen LogP contribution in [0.15, 0.2) is 53.8 Å². The second kappa shape index (κ2) is 6.41. The number of nitrogens with zero attached hydrogens (tertiary/aromatic N) is 4. The lowest BCUT2D eigenvalue weighted by atomic mass is 10.2. The van der Waals surface area contributed by atoms with E-state index < -0.39 is 0 Å². The van der Waals surface area contributed by atoms with Crippen LogP contribution in [-0.4, -0.2) is 19.7 Å². The monoisotopic (exact) mass is 379 g/mol. The van der Waals surface area contributed by atoms with Crippen molar-refractivity contribution in [2.75, 3.05) is 5.73 Å². The number of hydrogen-bond acceptors (Lipinski definition) is 6. The Balaban J connectivity index is 1.53. The summed E-state index contributed by atoms with van der Waals surface area (Å²) in [4.78, 5) is 6.36. The Morgan fingerprint density at radius 2 is 1.96 bits per heavy atom. The van der Waals surface area contributed by atoms with Crippen LogP contribution in [0.4, 0.5) is 5.69 Å². The van der Waals surface area contributed by atoms with Crippen molar-refractivity contribution in [3.8, 4) is 10.7 Å². The summed E-state index contributed by atoms with van der Waals surface area (Å²) < 4.78 is 2.27. The highest BCUT2D eigenvalue weighted by Gasteiger charge is 2.31. The van der Waals surface area contributed by atoms with Crippen LogP contribution in [0, 0.1) is 0 Å². The van der Waals surface area contributed by atoms with Crippen molar-refractivity contribution < 1.29 is 0 Å². The third kappa shape index (κ3) is 2.77. The van der Waals surface area contributed by atoms with E-state index in [1.165, 1.54) is 18.4 Å². The first-order valence-corrected chi connectivity index (χ1v) is 10.4. The molecule has 3 aromatic heterocycles. The van der Waals surface area contributed by atoms with Gasteiger partial charge in [-0.05, 0) is 30.5 Å². The molecule has 4 aromatic rings. The number of hydrogen-bond donors (Lipinski definition) is 1. The van der Waals surface area contributed by atoms with E-state index in [1.807, 2.05) is 18.2 Å². The Kier molecular flexibility index (Phi) is 3.90. The van der Waals surface area contributed by atoms with Crippen LogP contribution in [0.2, 0.25) is 0 Å². The lowest BCUT2D eigenvalue weighted by Crippen LogP contribution is -2.00. The Morgan fingerprint density at radius 3 is 2.73 bits per heavy atom. The van der Waals surface area contributed by atoms with E-state index in [1.54, 1.807) is 29.3 Å². The predicted molar refractivity (Wildman–Crippen MR) is 107 cm³/mol. The van der Waals surface area contributed by atoms with Gasteiger partial charge in [0.25, 0.3) is 0 Å². The van der Waals surface area contributed by atoms with Crippen LogP contribution in [0.1, 0.15) is 24.4 Å². The lowest BCUT2D eigenvalue weighted by molar-refractivity contribution is 0.670. The molecule has 0 unspecified atom stereocenters. The molecule has 1 aliphatic carbocycles. The summed E-state index contributed by atoms with van der Waals surface area (Å²) in [7, 11) is 0. The van der Waals surface area contributed by atoms with Crippen LogP contribution in [0.5, 0.6) is 0 Å². The second-order valence-electron chi connectivity index (χ2n) is 6.38. The van der Waals surface area contributed by atoms with E-state index in [-0.39, 0.29) is 0 Å². The Labute approximate surface area is 159 Å². The Morgan fingerprint density at radius 1 is 1.12 bits per heavy atom. The molecule has 0 bridgehead atoms. The van der Waals surface area contributed by atoms with E-state index in [4.69, 9.17) is 5.73 Å². The van der Waals surface area contributed by atoms with Crippen molar-refractivity contribution in [1.29, 1.82) is 0 Å². The molecule has 5 rings (SSSR count). The fourth-order valence-electron chi connectivity index (χ4n) is 3.03. The first kappa shape index (κ1) is 15.8. The fraction of sp³-hybridized carbons (Fsp3) is 0.211. The highest BCUT2D eigenvalue weighted by atomic mass is 32.2. The maximum Gasteiger partial charge on any atom is 0.192 e. The summed E-state index contributed by atoms with van der Waals surface area (Å²) in [6, 6.07) is 14.9. The third-order valence-corrected chi connectivity index (χ3v) is 6.63. The van der Waals surface area contributed by atoms with Gasteiger partial charge in [-0.2, -0.15) is 0 Å². The lowest BCUT2D eigenvalue weighted by Gasteiger charge is -2.08. The smallest absolute Gasteiger partial charge is 0.192 e. The predicted octanol–water partition coefficient (Wildman–Crippen LogP) is 4.76. The molecule has 0 amide bonds. The molecule has 3 heterocycles. The normalized spacial score (nSPS) is 14.2. The second-order valence-corrected chi connectivity index (χ2v) is 8.32. The summed E-state index contributed by atoms with van der Waals surface area (Å²) in [5, 5.41) is 11.0. The SMILES string of the molecule is Nc1c(-c2nnc(SCc3ccccc3)n2C2CC2)sc2ncccc12. The van der Waals surface area contributed by atoms with E-state index >= 15 is 0 Å². The van der Waals surface area contributed by atoms with Crippen LogP contribution >= 0.6 is 23.1 Å². The van der Waals surface area contributed by atoms with Gasteiger partial charge < -0.3 is 5.73 Å². The van der Waals surface area contributed by atoms with E-state index in [2.05, 4.69) is 44.0 Å². The van der Waals surface area contributed by atoms with Gasteiger partial charge in [-0.3, -0.25) is 4.57 Å². The third-order valence-electron chi connectivity index (χ3n) is 4.50. The molecule has 2 N–H and O–H groups in total. The molecule has 26 heavy (non-hydrogen) atoms. The molecule has 1 fully saturated rings. The Bertz CT molecular complexity index is 1070. The zero-order valence-electron chi connectivity index (χ0n) is 14.0. The first-order valence-electron chi connectivity index (χ1n) is 8.56. The molecule has 1 aromatic carbocycles. The van der Waals surface area contributed by atoms with Gasteiger partial charge >= 0.3 is 0 Å². The molecule has 130 valence electrons. The maximum absolute atomic E-state index is 6.42. The van der Waals surface area contributed by atoms with Gasteiger partial charge in [-0.25, -0.2) is 4.98 Å². The molecule has 0 radical (unpaired) electrons. The van der Waals surface area contributed by atoms with Crippen LogP contribution in [-0.2, 0) is 5.75 Å². The standard InChI is InChI=1S/C19H17N5S2/c20-15-14-7-4-10-21-18(14)26-16(15)17-22-23-19(24(17)13-8-9-13)25-11-12-5-2-1-3-6-12/h1-7,10,13H,8-9,11,20H2. The van der Waals surface area contributed by atoms with Crippen molar-refractivity contribution in [1.82, 2.24) is 19.7 Å². The van der Waals surface area contributed by atoms with Crippen molar-refractivity contribution in [2.24, 2.45) is 0 Å². The number of benzene rings is 1. The van der Waals surface area contributed by atoms with E-state index in [0.29, 0.717) is 6.04 Å². The minimum atomic E-state index is 0.482. The zero-order chi connectivity index (χ0) is 17.5. The summed E-state index contributed by atoms with van der Waals surface area (Å²) in [5.41, 5.74) is 8.46. The van der Waals surface area contributed by atoms with Gasteiger partial charge in [0.15, 0.2) is 11.0 Å². The van der Waals surface area contributed by atoms with Gasteiger partial charge in [0.1, 0.15) is 4.83 Å². The van der Waals surface area contributed by atoms with Crippen molar-refractivity contribution >= 4 is 39.0 Å². The molecule has 0 saturated heterocycles. The molecule has 5 nitrogen and oxygen atoms in total. The highest BCUT2D eigenvalue weighted by Crippen LogP contribution is 2.45. The Hall–Kier alpha value is -2.38. The first-order chi connectivity index (χ1) is 12.8. The highest BCUT2D eigenvalue weighted by molar-refractivity contribution is 7.98. The van der Waals surface area contributed by atoms with Gasteiger partial charge in [0.2, 0.25) is 0 Å². The largest absolute Gasteiger partial charge is 0.397 e. The molecule has 0 atom stereocenters. The maximum atomic E-state index is 6.42. The molecule has 1 aliphatic rings. The van der Waals surface area contributed by atoms with Crippen molar-refractivity contribution in [2.45, 2.75) is 29.8 Å². The number of fused-ring (bicyclic) bond motifs is 1. The zero-order valence-corrected chi connectivity index (χ0v) is 15.6. The van der Waals surface area contributed by atoms with E-state index in [0.717, 1.165) is 37.5 Å². The van der Waals surface area contributed by atoms with Gasteiger partial charge in [-0.1, -0.05) is 42.1 Å². The molecular weight excluding hydrogens is 362 g/mol. The summed E-state index contributed by atoms with van der Waals surface area (Å²) in [6.45, 7) is 0. The number of nitrogen functional groups attached to an aromatic ring is 1. The minimum absolute atomic E-state index is 0.482. The number of anilines is 1. The number of pyridine rings is 1. The van der Waals surface area contributed by atoms with Gasteiger partial charge in [0.05, 0.1) is 10.6 Å². The number of thiophene rings is 1. The number of aromatic nitrogens is 4. The number of nitrogens with two attached hydrogens (primary N) is 1. The quantitative estimate of drug-likeness (QED) is 0.506. The average molecular weight is 380 g/mol. The topological polar surface area (TPSA) is 69.6 Å². The van der Waals surface area contributed by atoms with Crippen molar-refractivity contribution in [3.05, 3.63) is 54.2 Å². The number of thioether (sulfide) groups is 1.